The molecule has 0 atom stereocenters. The highest BCUT2D eigenvalue weighted by atomic mass is 15.2. The first-order chi connectivity index (χ1) is 24.3. The van der Waals surface area contributed by atoms with Crippen LogP contribution >= 0.6 is 0 Å². The summed E-state index contributed by atoms with van der Waals surface area (Å²) >= 11 is 0. The lowest BCUT2D eigenvalue weighted by Crippen LogP contribution is -2.04. The fourth-order valence-corrected chi connectivity index (χ4v) is 7.50. The van der Waals surface area contributed by atoms with E-state index in [1.54, 1.807) is 0 Å². The van der Waals surface area contributed by atoms with Crippen molar-refractivity contribution in [2.45, 2.75) is 0 Å². The third kappa shape index (κ3) is 4.44. The van der Waals surface area contributed by atoms with Crippen molar-refractivity contribution >= 4 is 54.1 Å². The van der Waals surface area contributed by atoms with E-state index in [9.17, 15) is 0 Å². The van der Waals surface area contributed by atoms with Crippen LogP contribution in [0.25, 0.3) is 93.7 Å². The van der Waals surface area contributed by atoms with Gasteiger partial charge in [-0.3, -0.25) is 4.57 Å². The predicted octanol–water partition coefficient (Wildman–Crippen LogP) is 12.0. The monoisotopic (exact) mass is 623 g/mol. The molecule has 0 spiro atoms. The average Bonchev–Trinajstić information content (AvgIpc) is 3.53. The number of hydrogen-bond acceptors (Lipinski definition) is 2. The number of aromatic nitrogens is 3. The van der Waals surface area contributed by atoms with E-state index >= 15 is 0 Å². The highest BCUT2D eigenvalue weighted by Gasteiger charge is 2.19. The van der Waals surface area contributed by atoms with E-state index in [0.29, 0.717) is 5.95 Å². The van der Waals surface area contributed by atoms with Crippen LogP contribution in [0, 0.1) is 0 Å². The molecule has 0 radical (unpaired) electrons. The van der Waals surface area contributed by atoms with Crippen LogP contribution in [0.1, 0.15) is 0 Å². The number of para-hydroxylation sites is 1. The van der Waals surface area contributed by atoms with Crippen molar-refractivity contribution in [2.75, 3.05) is 0 Å². The maximum absolute atomic E-state index is 5.30. The zero-order chi connectivity index (χ0) is 32.3. The lowest BCUT2D eigenvalue weighted by molar-refractivity contribution is 0.996. The van der Waals surface area contributed by atoms with Crippen molar-refractivity contribution in [3.05, 3.63) is 176 Å². The summed E-state index contributed by atoms with van der Waals surface area (Å²) in [5.74, 6) is 0.653. The SMILES string of the molecule is c1ccc(-c2ccc(-c3cc(-c4ccccc4)nc(-n4c5ccccc5c5c6ccc7ccc8ccccc8c7c6ccc54)n3)cc2)cc1. The summed E-state index contributed by atoms with van der Waals surface area (Å²) in [5.41, 5.74) is 8.41. The van der Waals surface area contributed by atoms with Gasteiger partial charge in [-0.1, -0.05) is 158 Å². The van der Waals surface area contributed by atoms with Crippen molar-refractivity contribution in [1.82, 2.24) is 14.5 Å². The van der Waals surface area contributed by atoms with Gasteiger partial charge in [0.1, 0.15) is 0 Å². The van der Waals surface area contributed by atoms with Crippen LogP contribution in [0.15, 0.2) is 176 Å². The third-order valence-electron chi connectivity index (χ3n) is 9.81. The number of rotatable bonds is 4. The largest absolute Gasteiger partial charge is 0.278 e. The minimum absolute atomic E-state index is 0.653. The number of nitrogens with zero attached hydrogens (tertiary/aromatic N) is 3. The van der Waals surface area contributed by atoms with E-state index in [4.69, 9.17) is 9.97 Å². The average molecular weight is 624 g/mol. The van der Waals surface area contributed by atoms with Gasteiger partial charge in [-0.2, -0.15) is 0 Å². The van der Waals surface area contributed by atoms with Gasteiger partial charge < -0.3 is 0 Å². The van der Waals surface area contributed by atoms with E-state index in [1.165, 1.54) is 54.2 Å². The van der Waals surface area contributed by atoms with E-state index in [-0.39, 0.29) is 0 Å². The highest BCUT2D eigenvalue weighted by Crippen LogP contribution is 2.41. The molecule has 0 unspecified atom stereocenters. The summed E-state index contributed by atoms with van der Waals surface area (Å²) in [6.07, 6.45) is 0. The molecule has 0 saturated heterocycles. The first kappa shape index (κ1) is 27.5. The Morgan fingerprint density at radius 3 is 1.63 bits per heavy atom. The Labute approximate surface area is 283 Å². The maximum atomic E-state index is 5.30. The molecule has 2 aromatic heterocycles. The lowest BCUT2D eigenvalue weighted by Gasteiger charge is -2.13. The highest BCUT2D eigenvalue weighted by molar-refractivity contribution is 6.29. The Morgan fingerprint density at radius 1 is 0.327 bits per heavy atom. The molecule has 0 saturated carbocycles. The molecule has 0 bridgehead atoms. The molecule has 228 valence electrons. The molecule has 0 aliphatic rings. The van der Waals surface area contributed by atoms with Crippen LogP contribution < -0.4 is 0 Å². The Balaban J connectivity index is 1.24. The van der Waals surface area contributed by atoms with E-state index in [2.05, 4.69) is 168 Å². The fourth-order valence-electron chi connectivity index (χ4n) is 7.50. The summed E-state index contributed by atoms with van der Waals surface area (Å²) in [6.45, 7) is 0. The van der Waals surface area contributed by atoms with Crippen LogP contribution in [0.5, 0.6) is 0 Å². The van der Waals surface area contributed by atoms with Crippen LogP contribution in [0.4, 0.5) is 0 Å². The minimum Gasteiger partial charge on any atom is -0.278 e. The zero-order valence-electron chi connectivity index (χ0n) is 26.6. The van der Waals surface area contributed by atoms with Crippen LogP contribution in [0.2, 0.25) is 0 Å². The van der Waals surface area contributed by atoms with Gasteiger partial charge in [0.25, 0.3) is 0 Å². The molecule has 3 heteroatoms. The molecule has 0 aliphatic heterocycles. The third-order valence-corrected chi connectivity index (χ3v) is 9.81. The van der Waals surface area contributed by atoms with Gasteiger partial charge in [0.15, 0.2) is 0 Å². The van der Waals surface area contributed by atoms with E-state index in [1.807, 2.05) is 12.1 Å². The molecule has 0 amide bonds. The Morgan fingerprint density at radius 2 is 0.857 bits per heavy atom. The zero-order valence-corrected chi connectivity index (χ0v) is 26.6. The van der Waals surface area contributed by atoms with Crippen molar-refractivity contribution in [3.63, 3.8) is 0 Å². The number of benzene rings is 8. The summed E-state index contributed by atoms with van der Waals surface area (Å²) in [4.78, 5) is 10.6. The van der Waals surface area contributed by atoms with Gasteiger partial charge in [0.2, 0.25) is 5.95 Å². The minimum atomic E-state index is 0.653. The second-order valence-corrected chi connectivity index (χ2v) is 12.6. The fraction of sp³-hybridized carbons (Fsp3) is 0. The molecule has 8 aromatic carbocycles. The Kier molecular flexibility index (Phi) is 6.18. The summed E-state index contributed by atoms with van der Waals surface area (Å²) in [6, 6.07) is 62.5. The summed E-state index contributed by atoms with van der Waals surface area (Å²) in [5, 5.41) is 9.94. The molecule has 2 heterocycles. The molecule has 49 heavy (non-hydrogen) atoms. The van der Waals surface area contributed by atoms with E-state index < -0.39 is 0 Å². The lowest BCUT2D eigenvalue weighted by atomic mass is 9.94. The first-order valence-corrected chi connectivity index (χ1v) is 16.7. The quantitative estimate of drug-likeness (QED) is 0.183. The Hall–Kier alpha value is -6.58. The van der Waals surface area contributed by atoms with Gasteiger partial charge in [-0.05, 0) is 61.6 Å². The summed E-state index contributed by atoms with van der Waals surface area (Å²) < 4.78 is 2.24. The topological polar surface area (TPSA) is 30.7 Å². The van der Waals surface area contributed by atoms with Gasteiger partial charge in [-0.25, -0.2) is 9.97 Å². The molecule has 0 N–H and O–H groups in total. The van der Waals surface area contributed by atoms with Crippen molar-refractivity contribution in [2.24, 2.45) is 0 Å². The normalized spacial score (nSPS) is 11.7. The smallest absolute Gasteiger partial charge is 0.235 e. The molecule has 10 aromatic rings. The van der Waals surface area contributed by atoms with Crippen LogP contribution in [0.3, 0.4) is 0 Å². The van der Waals surface area contributed by atoms with Crippen molar-refractivity contribution in [3.8, 4) is 39.6 Å². The standard InChI is InChI=1S/C46H29N3/c1-3-11-30(12-4-1)31-19-22-34(23-20-31)41-29-40(33-14-5-2-6-15-33)47-46(48-41)49-42-18-10-9-17-39(42)45-38-26-25-35-24-21-32-13-7-8-16-36(32)44(35)37(38)27-28-43(45)49/h1-29H. The Bertz CT molecular complexity index is 2850. The van der Waals surface area contributed by atoms with Gasteiger partial charge >= 0.3 is 0 Å². The molecule has 10 rings (SSSR count). The van der Waals surface area contributed by atoms with Crippen molar-refractivity contribution in [1.29, 1.82) is 0 Å². The van der Waals surface area contributed by atoms with Crippen LogP contribution in [-0.2, 0) is 0 Å². The molecule has 0 aliphatic carbocycles. The van der Waals surface area contributed by atoms with Crippen LogP contribution in [-0.4, -0.2) is 14.5 Å². The number of hydrogen-bond donors (Lipinski definition) is 0. The molecular formula is C46H29N3. The van der Waals surface area contributed by atoms with Gasteiger partial charge in [-0.15, -0.1) is 0 Å². The van der Waals surface area contributed by atoms with Gasteiger partial charge in [0.05, 0.1) is 22.4 Å². The van der Waals surface area contributed by atoms with Gasteiger partial charge in [0, 0.05) is 21.9 Å². The second-order valence-electron chi connectivity index (χ2n) is 12.6. The van der Waals surface area contributed by atoms with E-state index in [0.717, 1.165) is 33.5 Å². The second kappa shape index (κ2) is 11.0. The summed E-state index contributed by atoms with van der Waals surface area (Å²) in [7, 11) is 0. The maximum Gasteiger partial charge on any atom is 0.235 e. The molecule has 3 nitrogen and oxygen atoms in total. The van der Waals surface area contributed by atoms with Crippen molar-refractivity contribution < 1.29 is 0 Å². The predicted molar refractivity (Wildman–Crippen MR) is 205 cm³/mol. The molecule has 0 fully saturated rings. The molecular weight excluding hydrogens is 595 g/mol. The number of fused-ring (bicyclic) bond motifs is 9. The first-order valence-electron chi connectivity index (χ1n) is 16.7.